The molecule has 0 bridgehead atoms. The van der Waals surface area contributed by atoms with Crippen LogP contribution in [0.2, 0.25) is 0 Å². The maximum Gasteiger partial charge on any atom is 0.0597 e. The van der Waals surface area contributed by atoms with Crippen LogP contribution in [-0.4, -0.2) is 48.3 Å². The lowest BCUT2D eigenvalue weighted by Gasteiger charge is -2.27. The van der Waals surface area contributed by atoms with Crippen LogP contribution < -0.4 is 5.32 Å². The number of hydrogen-bond acceptors (Lipinski definition) is 3. The highest BCUT2D eigenvalue weighted by atomic mass is 16.3. The van der Waals surface area contributed by atoms with Crippen LogP contribution in [0.5, 0.6) is 0 Å². The van der Waals surface area contributed by atoms with Gasteiger partial charge in [-0.3, -0.25) is 0 Å². The normalized spacial score (nSPS) is 13.8. The van der Waals surface area contributed by atoms with E-state index in [0.717, 1.165) is 19.6 Å². The van der Waals surface area contributed by atoms with Crippen molar-refractivity contribution in [2.45, 2.75) is 52.6 Å². The lowest BCUT2D eigenvalue weighted by molar-refractivity contribution is 0.175. The second-order valence-corrected chi connectivity index (χ2v) is 4.50. The van der Waals surface area contributed by atoms with Crippen LogP contribution in [0.4, 0.5) is 0 Å². The van der Waals surface area contributed by atoms with Crippen LogP contribution in [0, 0.1) is 0 Å². The molecule has 0 fully saturated rings. The molecule has 0 rings (SSSR count). The van der Waals surface area contributed by atoms with E-state index in [-0.39, 0.29) is 12.6 Å². The van der Waals surface area contributed by atoms with E-state index >= 15 is 0 Å². The number of aliphatic hydroxyl groups is 1. The van der Waals surface area contributed by atoms with E-state index in [0.29, 0.717) is 6.04 Å². The zero-order chi connectivity index (χ0) is 11.7. The summed E-state index contributed by atoms with van der Waals surface area (Å²) in [4.78, 5) is 2.43. The molecule has 1 atom stereocenters. The molecular formula is C12H28N2O. The van der Waals surface area contributed by atoms with Crippen molar-refractivity contribution < 1.29 is 5.11 Å². The largest absolute Gasteiger partial charge is 0.395 e. The molecule has 0 saturated carbocycles. The van der Waals surface area contributed by atoms with Crippen LogP contribution in [0.3, 0.4) is 0 Å². The van der Waals surface area contributed by atoms with Gasteiger partial charge in [0.1, 0.15) is 0 Å². The van der Waals surface area contributed by atoms with Crippen LogP contribution in [0.25, 0.3) is 0 Å². The summed E-state index contributed by atoms with van der Waals surface area (Å²) in [5, 5.41) is 12.7. The monoisotopic (exact) mass is 216 g/mol. The van der Waals surface area contributed by atoms with Crippen molar-refractivity contribution in [2.75, 3.05) is 26.2 Å². The van der Waals surface area contributed by atoms with Crippen LogP contribution in [0.15, 0.2) is 0 Å². The summed E-state index contributed by atoms with van der Waals surface area (Å²) in [6.45, 7) is 12.1. The van der Waals surface area contributed by atoms with Crippen LogP contribution >= 0.6 is 0 Å². The van der Waals surface area contributed by atoms with Gasteiger partial charge in [0.25, 0.3) is 0 Å². The summed E-state index contributed by atoms with van der Waals surface area (Å²) in [7, 11) is 0. The molecule has 0 aromatic heterocycles. The number of hydrogen-bond donors (Lipinski definition) is 2. The Morgan fingerprint density at radius 2 is 1.67 bits per heavy atom. The number of nitrogens with one attached hydrogen (secondary N) is 1. The second-order valence-electron chi connectivity index (χ2n) is 4.50. The predicted molar refractivity (Wildman–Crippen MR) is 66.2 cm³/mol. The van der Waals surface area contributed by atoms with E-state index in [1.807, 2.05) is 0 Å². The fraction of sp³-hybridized carbons (Fsp3) is 1.00. The number of aliphatic hydroxyl groups excluding tert-OH is 1. The molecule has 3 nitrogen and oxygen atoms in total. The second kappa shape index (κ2) is 9.13. The van der Waals surface area contributed by atoms with Crippen molar-refractivity contribution in [1.29, 1.82) is 0 Å². The Hall–Kier alpha value is -0.120. The first kappa shape index (κ1) is 14.9. The molecule has 0 aliphatic heterocycles. The molecule has 0 spiro atoms. The van der Waals surface area contributed by atoms with E-state index in [9.17, 15) is 5.11 Å². The van der Waals surface area contributed by atoms with Gasteiger partial charge >= 0.3 is 0 Å². The highest BCUT2D eigenvalue weighted by Gasteiger charge is 2.12. The van der Waals surface area contributed by atoms with Gasteiger partial charge in [-0.15, -0.1) is 0 Å². The molecular weight excluding hydrogens is 188 g/mol. The summed E-state index contributed by atoms with van der Waals surface area (Å²) in [5.41, 5.74) is 0. The van der Waals surface area contributed by atoms with Crippen molar-refractivity contribution in [3.8, 4) is 0 Å². The van der Waals surface area contributed by atoms with Gasteiger partial charge in [-0.25, -0.2) is 0 Å². The maximum absolute atomic E-state index is 9.27. The minimum Gasteiger partial charge on any atom is -0.395 e. The van der Waals surface area contributed by atoms with Gasteiger partial charge in [-0.05, 0) is 25.9 Å². The molecule has 1 unspecified atom stereocenters. The Morgan fingerprint density at radius 1 is 1.13 bits per heavy atom. The van der Waals surface area contributed by atoms with E-state index in [4.69, 9.17) is 0 Å². The summed E-state index contributed by atoms with van der Waals surface area (Å²) in [6.07, 6.45) is 2.36. The molecule has 0 aromatic rings. The molecule has 0 aliphatic rings. The van der Waals surface area contributed by atoms with E-state index in [1.54, 1.807) is 0 Å². The molecule has 0 aliphatic carbocycles. The quantitative estimate of drug-likeness (QED) is 0.612. The lowest BCUT2D eigenvalue weighted by Crippen LogP contribution is -2.46. The van der Waals surface area contributed by atoms with Gasteiger partial charge in [0.05, 0.1) is 6.61 Å². The zero-order valence-corrected chi connectivity index (χ0v) is 10.8. The SMILES string of the molecule is CCCN(CCC)CC(CO)NC(C)C. The van der Waals surface area contributed by atoms with Gasteiger partial charge in [0.2, 0.25) is 0 Å². The first-order valence-electron chi connectivity index (χ1n) is 6.23. The van der Waals surface area contributed by atoms with Gasteiger partial charge in [-0.2, -0.15) is 0 Å². The van der Waals surface area contributed by atoms with Crippen molar-refractivity contribution >= 4 is 0 Å². The lowest BCUT2D eigenvalue weighted by atomic mass is 10.2. The Morgan fingerprint density at radius 3 is 2.00 bits per heavy atom. The topological polar surface area (TPSA) is 35.5 Å². The first-order chi connectivity index (χ1) is 7.13. The molecule has 3 heteroatoms. The van der Waals surface area contributed by atoms with Crippen LogP contribution in [-0.2, 0) is 0 Å². The van der Waals surface area contributed by atoms with E-state index in [2.05, 4.69) is 37.9 Å². The molecule has 92 valence electrons. The molecule has 0 amide bonds. The van der Waals surface area contributed by atoms with Gasteiger partial charge in [0, 0.05) is 18.6 Å². The van der Waals surface area contributed by atoms with Gasteiger partial charge in [0.15, 0.2) is 0 Å². The molecule has 15 heavy (non-hydrogen) atoms. The third-order valence-electron chi connectivity index (χ3n) is 2.35. The van der Waals surface area contributed by atoms with Crippen molar-refractivity contribution in [3.05, 3.63) is 0 Å². The standard InChI is InChI=1S/C12H28N2O/c1-5-7-14(8-6-2)9-12(10-15)13-11(3)4/h11-13,15H,5-10H2,1-4H3. The molecule has 2 N–H and O–H groups in total. The summed E-state index contributed by atoms with van der Waals surface area (Å²) < 4.78 is 0. The highest BCUT2D eigenvalue weighted by Crippen LogP contribution is 1.98. The average Bonchev–Trinajstić information content (AvgIpc) is 2.16. The summed E-state index contributed by atoms with van der Waals surface area (Å²) >= 11 is 0. The van der Waals surface area contributed by atoms with Gasteiger partial charge in [-0.1, -0.05) is 27.7 Å². The molecule has 0 aromatic carbocycles. The zero-order valence-electron chi connectivity index (χ0n) is 10.8. The fourth-order valence-corrected chi connectivity index (χ4v) is 1.87. The third-order valence-corrected chi connectivity index (χ3v) is 2.35. The van der Waals surface area contributed by atoms with Crippen molar-refractivity contribution in [2.24, 2.45) is 0 Å². The molecule has 0 radical (unpaired) electrons. The Balaban J connectivity index is 3.96. The van der Waals surface area contributed by atoms with Gasteiger partial charge < -0.3 is 15.3 Å². The Bertz CT molecular complexity index is 134. The predicted octanol–water partition coefficient (Wildman–Crippen LogP) is 1.47. The van der Waals surface area contributed by atoms with E-state index in [1.165, 1.54) is 12.8 Å². The fourth-order valence-electron chi connectivity index (χ4n) is 1.87. The molecule has 0 saturated heterocycles. The summed E-state index contributed by atoms with van der Waals surface area (Å²) in [6, 6.07) is 0.648. The third kappa shape index (κ3) is 7.77. The molecule has 0 heterocycles. The Labute approximate surface area is 94.9 Å². The maximum atomic E-state index is 9.27. The average molecular weight is 216 g/mol. The summed E-state index contributed by atoms with van der Waals surface area (Å²) in [5.74, 6) is 0. The van der Waals surface area contributed by atoms with Crippen molar-refractivity contribution in [1.82, 2.24) is 10.2 Å². The number of rotatable bonds is 9. The minimum absolute atomic E-state index is 0.211. The Kier molecular flexibility index (Phi) is 9.06. The number of nitrogens with zero attached hydrogens (tertiary/aromatic N) is 1. The first-order valence-corrected chi connectivity index (χ1v) is 6.23. The van der Waals surface area contributed by atoms with Crippen LogP contribution in [0.1, 0.15) is 40.5 Å². The van der Waals surface area contributed by atoms with E-state index < -0.39 is 0 Å². The minimum atomic E-state index is 0.211. The smallest absolute Gasteiger partial charge is 0.0597 e. The highest BCUT2D eigenvalue weighted by molar-refractivity contribution is 4.73. The van der Waals surface area contributed by atoms with Crippen molar-refractivity contribution in [3.63, 3.8) is 0 Å².